The van der Waals surface area contributed by atoms with Crippen molar-refractivity contribution < 1.29 is 14.3 Å². The van der Waals surface area contributed by atoms with Crippen molar-refractivity contribution in [2.24, 2.45) is 0 Å². The van der Waals surface area contributed by atoms with E-state index in [-0.39, 0.29) is 11.9 Å². The van der Waals surface area contributed by atoms with Crippen LogP contribution in [0.4, 0.5) is 0 Å². The molecule has 0 radical (unpaired) electrons. The van der Waals surface area contributed by atoms with Crippen molar-refractivity contribution in [3.63, 3.8) is 0 Å². The van der Waals surface area contributed by atoms with E-state index in [9.17, 15) is 4.79 Å². The predicted molar refractivity (Wildman–Crippen MR) is 77.6 cm³/mol. The molecule has 0 spiro atoms. The molecule has 0 bridgehead atoms. The molecule has 1 aliphatic heterocycles. The number of ether oxygens (including phenoxy) is 2. The minimum absolute atomic E-state index is 0.0626. The zero-order valence-corrected chi connectivity index (χ0v) is 11.7. The molecular weight excluding hydrogens is 268 g/mol. The summed E-state index contributed by atoms with van der Waals surface area (Å²) >= 11 is 0. The fourth-order valence-electron chi connectivity index (χ4n) is 2.45. The monoisotopic (exact) mass is 284 g/mol. The maximum atomic E-state index is 12.4. The third kappa shape index (κ3) is 2.67. The summed E-state index contributed by atoms with van der Waals surface area (Å²) in [6.07, 6.45) is 2.34. The molecule has 1 aromatic heterocycles. The fraction of sp³-hybridized carbons (Fsp3) is 0.250. The van der Waals surface area contributed by atoms with Gasteiger partial charge in [0.05, 0.1) is 19.8 Å². The molecule has 0 fully saturated rings. The molecule has 0 saturated carbocycles. The van der Waals surface area contributed by atoms with Crippen LogP contribution in [0.2, 0.25) is 0 Å². The van der Waals surface area contributed by atoms with Crippen LogP contribution in [-0.4, -0.2) is 24.6 Å². The smallest absolute Gasteiger partial charge is 0.257 e. The number of benzene rings is 1. The summed E-state index contributed by atoms with van der Waals surface area (Å²) < 4.78 is 10.7. The number of nitrogens with zero attached hydrogens (tertiary/aromatic N) is 1. The third-order valence-electron chi connectivity index (χ3n) is 3.47. The summed E-state index contributed by atoms with van der Waals surface area (Å²) in [7, 11) is 1.50. The molecule has 3 rings (SSSR count). The van der Waals surface area contributed by atoms with Gasteiger partial charge < -0.3 is 14.8 Å². The normalized spacial score (nSPS) is 16.5. The summed E-state index contributed by atoms with van der Waals surface area (Å²) in [5, 5.41) is 3.03. The summed E-state index contributed by atoms with van der Waals surface area (Å²) in [4.78, 5) is 16.5. The second kappa shape index (κ2) is 5.83. The van der Waals surface area contributed by atoms with Crippen LogP contribution in [0.3, 0.4) is 0 Å². The summed E-state index contributed by atoms with van der Waals surface area (Å²) in [6, 6.07) is 11.1. The summed E-state index contributed by atoms with van der Waals surface area (Å²) in [5.41, 5.74) is 1.43. The highest BCUT2D eigenvalue weighted by Crippen LogP contribution is 2.31. The van der Waals surface area contributed by atoms with Crippen molar-refractivity contribution in [2.75, 3.05) is 13.7 Å². The van der Waals surface area contributed by atoms with Gasteiger partial charge in [0, 0.05) is 18.2 Å². The van der Waals surface area contributed by atoms with Crippen LogP contribution in [0.15, 0.2) is 42.6 Å². The average Bonchev–Trinajstić information content (AvgIpc) is 2.55. The van der Waals surface area contributed by atoms with E-state index >= 15 is 0 Å². The van der Waals surface area contributed by atoms with Crippen molar-refractivity contribution >= 4 is 5.91 Å². The van der Waals surface area contributed by atoms with E-state index in [2.05, 4.69) is 10.3 Å². The summed E-state index contributed by atoms with van der Waals surface area (Å²) in [6.45, 7) is 0.589. The standard InChI is InChI=1S/C16H16N2O3/c1-20-16-12(6-4-9-17-16)15(19)18-13-8-10-21-14-7-3-2-5-11(13)14/h2-7,9,13H,8,10H2,1H3,(H,18,19)/t13-/m1/s1. The van der Waals surface area contributed by atoms with E-state index in [1.807, 2.05) is 24.3 Å². The highest BCUT2D eigenvalue weighted by atomic mass is 16.5. The molecule has 5 heteroatoms. The third-order valence-corrected chi connectivity index (χ3v) is 3.47. The Kier molecular flexibility index (Phi) is 3.73. The zero-order chi connectivity index (χ0) is 14.7. The van der Waals surface area contributed by atoms with E-state index in [0.717, 1.165) is 17.7 Å². The molecule has 0 saturated heterocycles. The Morgan fingerprint density at radius 1 is 1.33 bits per heavy atom. The Morgan fingerprint density at radius 2 is 2.19 bits per heavy atom. The molecule has 1 amide bonds. The van der Waals surface area contributed by atoms with Crippen molar-refractivity contribution in [1.82, 2.24) is 10.3 Å². The molecule has 0 aliphatic carbocycles. The second-order valence-corrected chi connectivity index (χ2v) is 4.76. The van der Waals surface area contributed by atoms with Crippen LogP contribution in [0.1, 0.15) is 28.4 Å². The van der Waals surface area contributed by atoms with E-state index in [1.165, 1.54) is 7.11 Å². The summed E-state index contributed by atoms with van der Waals surface area (Å²) in [5.74, 6) is 0.962. The SMILES string of the molecule is COc1ncccc1C(=O)N[C@@H]1CCOc2ccccc21. The van der Waals surface area contributed by atoms with Gasteiger partial charge in [-0.2, -0.15) is 0 Å². The molecule has 0 unspecified atom stereocenters. The van der Waals surface area contributed by atoms with Gasteiger partial charge in [0.2, 0.25) is 5.88 Å². The van der Waals surface area contributed by atoms with Crippen LogP contribution in [0, 0.1) is 0 Å². The molecule has 1 aromatic carbocycles. The van der Waals surface area contributed by atoms with E-state index in [0.29, 0.717) is 18.1 Å². The Balaban J connectivity index is 1.83. The number of pyridine rings is 1. The first kappa shape index (κ1) is 13.4. The first-order valence-electron chi connectivity index (χ1n) is 6.81. The van der Waals surface area contributed by atoms with Gasteiger partial charge in [-0.1, -0.05) is 18.2 Å². The van der Waals surface area contributed by atoms with E-state index < -0.39 is 0 Å². The molecular formula is C16H16N2O3. The number of hydrogen-bond acceptors (Lipinski definition) is 4. The number of amides is 1. The van der Waals surface area contributed by atoms with E-state index in [1.54, 1.807) is 18.3 Å². The highest BCUT2D eigenvalue weighted by Gasteiger charge is 2.24. The minimum atomic E-state index is -0.193. The van der Waals surface area contributed by atoms with E-state index in [4.69, 9.17) is 9.47 Å². The van der Waals surface area contributed by atoms with Crippen molar-refractivity contribution in [2.45, 2.75) is 12.5 Å². The van der Waals surface area contributed by atoms with Gasteiger partial charge in [-0.15, -0.1) is 0 Å². The van der Waals surface area contributed by atoms with Gasteiger partial charge >= 0.3 is 0 Å². The number of aromatic nitrogens is 1. The van der Waals surface area contributed by atoms with Gasteiger partial charge in [0.15, 0.2) is 0 Å². The quantitative estimate of drug-likeness (QED) is 0.939. The van der Waals surface area contributed by atoms with Gasteiger partial charge in [-0.05, 0) is 18.2 Å². The lowest BCUT2D eigenvalue weighted by molar-refractivity contribution is 0.0921. The largest absolute Gasteiger partial charge is 0.493 e. The lowest BCUT2D eigenvalue weighted by Gasteiger charge is -2.26. The van der Waals surface area contributed by atoms with Gasteiger partial charge in [-0.25, -0.2) is 4.98 Å². The van der Waals surface area contributed by atoms with Crippen LogP contribution in [-0.2, 0) is 0 Å². The molecule has 1 atom stereocenters. The molecule has 2 heterocycles. The maximum Gasteiger partial charge on any atom is 0.257 e. The zero-order valence-electron chi connectivity index (χ0n) is 11.7. The number of fused-ring (bicyclic) bond motifs is 1. The number of rotatable bonds is 3. The number of nitrogens with one attached hydrogen (secondary N) is 1. The van der Waals surface area contributed by atoms with Gasteiger partial charge in [0.1, 0.15) is 11.3 Å². The van der Waals surface area contributed by atoms with Crippen LogP contribution in [0.5, 0.6) is 11.6 Å². The number of carbonyl (C=O) groups excluding carboxylic acids is 1. The van der Waals surface area contributed by atoms with Gasteiger partial charge in [-0.3, -0.25) is 4.79 Å². The van der Waals surface area contributed by atoms with Crippen LogP contribution >= 0.6 is 0 Å². The predicted octanol–water partition coefficient (Wildman–Crippen LogP) is 2.34. The lowest BCUT2D eigenvalue weighted by atomic mass is 10.0. The number of methoxy groups -OCH3 is 1. The Labute approximate surface area is 122 Å². The molecule has 2 aromatic rings. The Morgan fingerprint density at radius 3 is 3.05 bits per heavy atom. The number of carbonyl (C=O) groups is 1. The molecule has 1 N–H and O–H groups in total. The lowest BCUT2D eigenvalue weighted by Crippen LogP contribution is -2.32. The minimum Gasteiger partial charge on any atom is -0.493 e. The van der Waals surface area contributed by atoms with Gasteiger partial charge in [0.25, 0.3) is 5.91 Å². The molecule has 108 valence electrons. The van der Waals surface area contributed by atoms with Crippen molar-refractivity contribution in [3.05, 3.63) is 53.7 Å². The van der Waals surface area contributed by atoms with Crippen molar-refractivity contribution in [1.29, 1.82) is 0 Å². The molecule has 5 nitrogen and oxygen atoms in total. The average molecular weight is 284 g/mol. The van der Waals surface area contributed by atoms with Crippen molar-refractivity contribution in [3.8, 4) is 11.6 Å². The second-order valence-electron chi connectivity index (χ2n) is 4.76. The number of para-hydroxylation sites is 1. The first-order valence-corrected chi connectivity index (χ1v) is 6.81. The maximum absolute atomic E-state index is 12.4. The topological polar surface area (TPSA) is 60.5 Å². The molecule has 21 heavy (non-hydrogen) atoms. The number of hydrogen-bond donors (Lipinski definition) is 1. The Bertz CT molecular complexity index is 657. The van der Waals surface area contributed by atoms with Crippen LogP contribution in [0.25, 0.3) is 0 Å². The Hall–Kier alpha value is -2.56. The highest BCUT2D eigenvalue weighted by molar-refractivity contribution is 5.96. The molecule has 1 aliphatic rings. The van der Waals surface area contributed by atoms with Crippen LogP contribution < -0.4 is 14.8 Å². The first-order chi connectivity index (χ1) is 10.3. The fourth-order valence-corrected chi connectivity index (χ4v) is 2.45.